The second-order valence-corrected chi connectivity index (χ2v) is 6.11. The Bertz CT molecular complexity index is 307. The molecule has 0 aromatic rings. The molecule has 0 bridgehead atoms. The van der Waals surface area contributed by atoms with Crippen molar-refractivity contribution in [3.05, 3.63) is 0 Å². The quantitative estimate of drug-likeness (QED) is 0.482. The molecule has 0 atom stereocenters. The second kappa shape index (κ2) is 8.98. The van der Waals surface area contributed by atoms with Gasteiger partial charge in [0, 0.05) is 19.5 Å². The van der Waals surface area contributed by atoms with Crippen molar-refractivity contribution in [1.82, 2.24) is 4.90 Å². The van der Waals surface area contributed by atoms with Crippen LogP contribution < -0.4 is 0 Å². The van der Waals surface area contributed by atoms with Gasteiger partial charge in [0.1, 0.15) is 0 Å². The van der Waals surface area contributed by atoms with E-state index in [-0.39, 0.29) is 18.0 Å². The second-order valence-electron chi connectivity index (χ2n) is 6.11. The first-order chi connectivity index (χ1) is 9.24. The van der Waals surface area contributed by atoms with E-state index in [4.69, 9.17) is 4.74 Å². The lowest BCUT2D eigenvalue weighted by Gasteiger charge is -2.24. The predicted octanol–water partition coefficient (Wildman–Crippen LogP) is 3.39. The summed E-state index contributed by atoms with van der Waals surface area (Å²) in [7, 11) is 0. The molecule has 0 spiro atoms. The summed E-state index contributed by atoms with van der Waals surface area (Å²) in [6.07, 6.45) is 2.94. The summed E-state index contributed by atoms with van der Waals surface area (Å²) in [5.74, 6) is 0.0557. The predicted molar refractivity (Wildman–Crippen MR) is 81.4 cm³/mol. The molecule has 4 nitrogen and oxygen atoms in total. The number of hydrogen-bond donors (Lipinski definition) is 0. The minimum atomic E-state index is -0.470. The molecule has 0 aliphatic heterocycles. The zero-order valence-corrected chi connectivity index (χ0v) is 14.0. The third-order valence-corrected chi connectivity index (χ3v) is 3.45. The molecule has 0 fully saturated rings. The number of rotatable bonds is 9. The SMILES string of the molecule is CCN(CC)C(=O)CCCCC(C)(C)C(=O)OC(C)C. The molecule has 0 aromatic carbocycles. The van der Waals surface area contributed by atoms with Crippen LogP contribution in [0.1, 0.15) is 67.2 Å². The van der Waals surface area contributed by atoms with Crippen molar-refractivity contribution in [1.29, 1.82) is 0 Å². The van der Waals surface area contributed by atoms with E-state index in [1.165, 1.54) is 0 Å². The fraction of sp³-hybridized carbons (Fsp3) is 0.875. The summed E-state index contributed by atoms with van der Waals surface area (Å²) in [6, 6.07) is 0. The van der Waals surface area contributed by atoms with Crippen LogP contribution in [0.15, 0.2) is 0 Å². The Morgan fingerprint density at radius 1 is 1.10 bits per heavy atom. The molecule has 0 saturated heterocycles. The lowest BCUT2D eigenvalue weighted by molar-refractivity contribution is -0.158. The monoisotopic (exact) mass is 285 g/mol. The van der Waals surface area contributed by atoms with E-state index in [1.807, 2.05) is 46.4 Å². The first-order valence-electron chi connectivity index (χ1n) is 7.73. The molecule has 0 radical (unpaired) electrons. The van der Waals surface area contributed by atoms with Gasteiger partial charge in [-0.1, -0.05) is 6.42 Å². The average Bonchev–Trinajstić information content (AvgIpc) is 2.35. The van der Waals surface area contributed by atoms with Gasteiger partial charge in [0.2, 0.25) is 5.91 Å². The van der Waals surface area contributed by atoms with E-state index >= 15 is 0 Å². The van der Waals surface area contributed by atoms with Gasteiger partial charge in [-0.05, 0) is 54.4 Å². The summed E-state index contributed by atoms with van der Waals surface area (Å²) >= 11 is 0. The van der Waals surface area contributed by atoms with Crippen LogP contribution in [0.5, 0.6) is 0 Å². The Kier molecular flexibility index (Phi) is 8.51. The summed E-state index contributed by atoms with van der Waals surface area (Å²) in [4.78, 5) is 25.6. The highest BCUT2D eigenvalue weighted by atomic mass is 16.5. The van der Waals surface area contributed by atoms with Crippen molar-refractivity contribution in [2.45, 2.75) is 73.3 Å². The van der Waals surface area contributed by atoms with Gasteiger partial charge in [-0.15, -0.1) is 0 Å². The lowest BCUT2D eigenvalue weighted by Crippen LogP contribution is -2.30. The number of esters is 1. The Balaban J connectivity index is 4.05. The van der Waals surface area contributed by atoms with Gasteiger partial charge in [-0.3, -0.25) is 9.59 Å². The lowest BCUT2D eigenvalue weighted by atomic mass is 9.87. The largest absolute Gasteiger partial charge is 0.463 e. The minimum absolute atomic E-state index is 0.0778. The number of hydrogen-bond acceptors (Lipinski definition) is 3. The molecule has 0 saturated carbocycles. The fourth-order valence-electron chi connectivity index (χ4n) is 2.05. The average molecular weight is 285 g/mol. The highest BCUT2D eigenvalue weighted by molar-refractivity contribution is 5.76. The van der Waals surface area contributed by atoms with E-state index in [2.05, 4.69) is 0 Å². The first kappa shape index (κ1) is 18.9. The van der Waals surface area contributed by atoms with Crippen molar-refractivity contribution < 1.29 is 14.3 Å². The molecule has 0 heterocycles. The Morgan fingerprint density at radius 3 is 2.10 bits per heavy atom. The van der Waals surface area contributed by atoms with E-state index in [9.17, 15) is 9.59 Å². The van der Waals surface area contributed by atoms with Crippen LogP contribution in [-0.4, -0.2) is 36.0 Å². The molecule has 0 aliphatic rings. The smallest absolute Gasteiger partial charge is 0.311 e. The van der Waals surface area contributed by atoms with E-state index in [0.717, 1.165) is 32.4 Å². The van der Waals surface area contributed by atoms with Gasteiger partial charge < -0.3 is 9.64 Å². The number of nitrogens with zero attached hydrogens (tertiary/aromatic N) is 1. The van der Waals surface area contributed by atoms with Crippen molar-refractivity contribution in [2.75, 3.05) is 13.1 Å². The summed E-state index contributed by atoms with van der Waals surface area (Å²) < 4.78 is 5.25. The van der Waals surface area contributed by atoms with Crippen molar-refractivity contribution >= 4 is 11.9 Å². The van der Waals surface area contributed by atoms with E-state index in [1.54, 1.807) is 0 Å². The Labute approximate surface area is 123 Å². The molecule has 0 rings (SSSR count). The Hall–Kier alpha value is -1.06. The Morgan fingerprint density at radius 2 is 1.65 bits per heavy atom. The summed E-state index contributed by atoms with van der Waals surface area (Å²) in [6.45, 7) is 13.0. The van der Waals surface area contributed by atoms with Gasteiger partial charge in [0.25, 0.3) is 0 Å². The first-order valence-corrected chi connectivity index (χ1v) is 7.73. The number of ether oxygens (including phenoxy) is 1. The van der Waals surface area contributed by atoms with Gasteiger partial charge >= 0.3 is 5.97 Å². The molecule has 0 unspecified atom stereocenters. The maximum absolute atomic E-state index is 11.9. The molecule has 1 amide bonds. The normalized spacial score (nSPS) is 11.6. The van der Waals surface area contributed by atoms with Crippen LogP contribution in [-0.2, 0) is 14.3 Å². The number of unbranched alkanes of at least 4 members (excludes halogenated alkanes) is 1. The highest BCUT2D eigenvalue weighted by Gasteiger charge is 2.29. The van der Waals surface area contributed by atoms with Crippen molar-refractivity contribution in [3.63, 3.8) is 0 Å². The zero-order valence-electron chi connectivity index (χ0n) is 14.0. The number of carbonyl (C=O) groups is 2. The molecular formula is C16H31NO3. The van der Waals surface area contributed by atoms with Crippen LogP contribution in [0.2, 0.25) is 0 Å². The molecule has 20 heavy (non-hydrogen) atoms. The zero-order chi connectivity index (χ0) is 15.8. The van der Waals surface area contributed by atoms with Gasteiger partial charge in [-0.25, -0.2) is 0 Å². The molecule has 4 heteroatoms. The fourth-order valence-corrected chi connectivity index (χ4v) is 2.05. The van der Waals surface area contributed by atoms with Gasteiger partial charge in [0.05, 0.1) is 11.5 Å². The third-order valence-electron chi connectivity index (χ3n) is 3.45. The van der Waals surface area contributed by atoms with Crippen molar-refractivity contribution in [2.24, 2.45) is 5.41 Å². The van der Waals surface area contributed by atoms with Crippen LogP contribution >= 0.6 is 0 Å². The van der Waals surface area contributed by atoms with E-state index < -0.39 is 5.41 Å². The third kappa shape index (κ3) is 6.92. The van der Waals surface area contributed by atoms with Gasteiger partial charge in [0.15, 0.2) is 0 Å². The number of carbonyl (C=O) groups excluding carboxylic acids is 2. The summed E-state index contributed by atoms with van der Waals surface area (Å²) in [5.41, 5.74) is -0.470. The molecular weight excluding hydrogens is 254 g/mol. The van der Waals surface area contributed by atoms with E-state index in [0.29, 0.717) is 6.42 Å². The standard InChI is InChI=1S/C16H31NO3/c1-7-17(8-2)14(18)11-9-10-12-16(5,6)15(19)20-13(3)4/h13H,7-12H2,1-6H3. The topological polar surface area (TPSA) is 46.6 Å². The van der Waals surface area contributed by atoms with Crippen molar-refractivity contribution in [3.8, 4) is 0 Å². The van der Waals surface area contributed by atoms with Crippen LogP contribution in [0, 0.1) is 5.41 Å². The molecule has 0 N–H and O–H groups in total. The molecule has 0 aliphatic carbocycles. The maximum Gasteiger partial charge on any atom is 0.311 e. The van der Waals surface area contributed by atoms with Crippen LogP contribution in [0.3, 0.4) is 0 Å². The maximum atomic E-state index is 11.9. The molecule has 118 valence electrons. The van der Waals surface area contributed by atoms with Crippen LogP contribution in [0.25, 0.3) is 0 Å². The summed E-state index contributed by atoms with van der Waals surface area (Å²) in [5, 5.41) is 0. The molecule has 0 aromatic heterocycles. The minimum Gasteiger partial charge on any atom is -0.463 e. The number of amides is 1. The highest BCUT2D eigenvalue weighted by Crippen LogP contribution is 2.26. The van der Waals surface area contributed by atoms with Crippen LogP contribution in [0.4, 0.5) is 0 Å². The van der Waals surface area contributed by atoms with Gasteiger partial charge in [-0.2, -0.15) is 0 Å².